The van der Waals surface area contributed by atoms with Gasteiger partial charge in [0.25, 0.3) is 5.91 Å². The number of aromatic nitrogens is 1. The average Bonchev–Trinajstić information content (AvgIpc) is 2.46. The van der Waals surface area contributed by atoms with Gasteiger partial charge in [-0.05, 0) is 43.7 Å². The molecule has 6 heteroatoms. The smallest absolute Gasteiger partial charge is 0.344 e. The first-order valence-electron chi connectivity index (χ1n) is 6.69. The van der Waals surface area contributed by atoms with Gasteiger partial charge in [0.1, 0.15) is 5.69 Å². The second kappa shape index (κ2) is 6.17. The van der Waals surface area contributed by atoms with E-state index in [2.05, 4.69) is 10.3 Å². The van der Waals surface area contributed by atoms with Crippen molar-refractivity contribution in [1.82, 2.24) is 10.3 Å². The molecule has 0 unspecified atom stereocenters. The Morgan fingerprint density at radius 1 is 1.14 bits per heavy atom. The summed E-state index contributed by atoms with van der Waals surface area (Å²) in [6.45, 7) is 3.48. The van der Waals surface area contributed by atoms with Crippen LogP contribution in [0.2, 0.25) is 0 Å². The third-order valence-corrected chi connectivity index (χ3v) is 3.21. The zero-order chi connectivity index (χ0) is 16.3. The van der Waals surface area contributed by atoms with Crippen LogP contribution in [-0.2, 0) is 6.18 Å². The van der Waals surface area contributed by atoms with E-state index in [-0.39, 0.29) is 11.6 Å². The second-order valence-electron chi connectivity index (χ2n) is 4.98. The Kier molecular flexibility index (Phi) is 4.49. The Labute approximate surface area is 126 Å². The Balaban J connectivity index is 2.09. The van der Waals surface area contributed by atoms with Gasteiger partial charge in [0.2, 0.25) is 0 Å². The van der Waals surface area contributed by atoms with E-state index in [1.54, 1.807) is 32.0 Å². The van der Waals surface area contributed by atoms with Gasteiger partial charge in [0.15, 0.2) is 0 Å². The Morgan fingerprint density at radius 2 is 1.77 bits per heavy atom. The molecule has 1 aromatic heterocycles. The van der Waals surface area contributed by atoms with Crippen molar-refractivity contribution in [2.45, 2.75) is 26.1 Å². The fourth-order valence-corrected chi connectivity index (χ4v) is 1.98. The number of pyridine rings is 1. The van der Waals surface area contributed by atoms with Crippen molar-refractivity contribution >= 4 is 5.91 Å². The minimum Gasteiger partial charge on any atom is -0.344 e. The number of benzene rings is 1. The molecule has 1 atom stereocenters. The zero-order valence-electron chi connectivity index (χ0n) is 12.1. The van der Waals surface area contributed by atoms with Crippen LogP contribution in [0.5, 0.6) is 0 Å². The highest BCUT2D eigenvalue weighted by Crippen LogP contribution is 2.29. The van der Waals surface area contributed by atoms with Gasteiger partial charge in [-0.3, -0.25) is 4.79 Å². The number of hydrogen-bond acceptors (Lipinski definition) is 2. The molecule has 0 saturated carbocycles. The third-order valence-electron chi connectivity index (χ3n) is 3.21. The summed E-state index contributed by atoms with van der Waals surface area (Å²) in [7, 11) is 0. The van der Waals surface area contributed by atoms with Crippen LogP contribution >= 0.6 is 0 Å². The van der Waals surface area contributed by atoms with E-state index in [0.29, 0.717) is 5.56 Å². The molecule has 1 heterocycles. The summed E-state index contributed by atoms with van der Waals surface area (Å²) in [5.74, 6) is -0.365. The fourth-order valence-electron chi connectivity index (χ4n) is 1.98. The van der Waals surface area contributed by atoms with Crippen LogP contribution in [0.3, 0.4) is 0 Å². The molecule has 0 bridgehead atoms. The van der Waals surface area contributed by atoms with Crippen LogP contribution in [-0.4, -0.2) is 10.9 Å². The van der Waals surface area contributed by atoms with E-state index in [4.69, 9.17) is 0 Å². The van der Waals surface area contributed by atoms with E-state index in [9.17, 15) is 18.0 Å². The lowest BCUT2D eigenvalue weighted by Gasteiger charge is -2.15. The molecule has 0 spiro atoms. The zero-order valence-corrected chi connectivity index (χ0v) is 12.1. The number of alkyl halides is 3. The highest BCUT2D eigenvalue weighted by atomic mass is 19.4. The monoisotopic (exact) mass is 308 g/mol. The van der Waals surface area contributed by atoms with E-state index in [1.807, 2.05) is 0 Å². The summed E-state index contributed by atoms with van der Waals surface area (Å²) in [5.41, 5.74) is 0.873. The molecule has 2 aromatic rings. The summed E-state index contributed by atoms with van der Waals surface area (Å²) in [6, 6.07) is 9.38. The largest absolute Gasteiger partial charge is 0.416 e. The van der Waals surface area contributed by atoms with E-state index in [0.717, 1.165) is 17.8 Å². The average molecular weight is 308 g/mol. The van der Waals surface area contributed by atoms with Crippen LogP contribution in [0.15, 0.2) is 42.5 Å². The lowest BCUT2D eigenvalue weighted by atomic mass is 10.1. The van der Waals surface area contributed by atoms with Crippen LogP contribution in [0, 0.1) is 6.92 Å². The maximum absolute atomic E-state index is 12.5. The summed E-state index contributed by atoms with van der Waals surface area (Å²) in [5, 5.41) is 2.72. The first-order chi connectivity index (χ1) is 10.3. The maximum Gasteiger partial charge on any atom is 0.416 e. The van der Waals surface area contributed by atoms with Crippen molar-refractivity contribution < 1.29 is 18.0 Å². The number of halogens is 3. The van der Waals surface area contributed by atoms with E-state index in [1.165, 1.54) is 12.1 Å². The molecule has 0 aliphatic rings. The van der Waals surface area contributed by atoms with Gasteiger partial charge in [0, 0.05) is 5.69 Å². The lowest BCUT2D eigenvalue weighted by molar-refractivity contribution is -0.137. The predicted molar refractivity (Wildman–Crippen MR) is 76.3 cm³/mol. The normalized spacial score (nSPS) is 12.8. The third kappa shape index (κ3) is 3.84. The Hall–Kier alpha value is -2.37. The molecule has 0 aliphatic carbocycles. The molecular weight excluding hydrogens is 293 g/mol. The molecular formula is C16H15F3N2O. The number of nitrogens with zero attached hydrogens (tertiary/aromatic N) is 1. The summed E-state index contributed by atoms with van der Waals surface area (Å²) in [6.07, 6.45) is -4.36. The van der Waals surface area contributed by atoms with Crippen molar-refractivity contribution in [2.75, 3.05) is 0 Å². The fraction of sp³-hybridized carbons (Fsp3) is 0.250. The van der Waals surface area contributed by atoms with Crippen LogP contribution in [0.25, 0.3) is 0 Å². The lowest BCUT2D eigenvalue weighted by Crippen LogP contribution is -2.27. The van der Waals surface area contributed by atoms with Crippen molar-refractivity contribution in [3.05, 3.63) is 65.0 Å². The van der Waals surface area contributed by atoms with Gasteiger partial charge in [-0.15, -0.1) is 0 Å². The molecule has 0 fully saturated rings. The molecule has 3 nitrogen and oxygen atoms in total. The highest BCUT2D eigenvalue weighted by molar-refractivity contribution is 5.92. The number of amides is 1. The molecule has 116 valence electrons. The molecule has 0 radical (unpaired) electrons. The number of nitrogens with one attached hydrogen (secondary N) is 1. The van der Waals surface area contributed by atoms with E-state index >= 15 is 0 Å². The van der Waals surface area contributed by atoms with Crippen molar-refractivity contribution in [1.29, 1.82) is 0 Å². The highest BCUT2D eigenvalue weighted by Gasteiger charge is 2.30. The number of carbonyl (C=O) groups is 1. The Morgan fingerprint density at radius 3 is 2.32 bits per heavy atom. The van der Waals surface area contributed by atoms with Crippen molar-refractivity contribution in [3.63, 3.8) is 0 Å². The molecule has 1 N–H and O–H groups in total. The number of hydrogen-bond donors (Lipinski definition) is 1. The van der Waals surface area contributed by atoms with Gasteiger partial charge in [-0.2, -0.15) is 13.2 Å². The quantitative estimate of drug-likeness (QED) is 0.934. The molecule has 1 aromatic carbocycles. The molecule has 2 rings (SSSR count). The molecule has 0 saturated heterocycles. The maximum atomic E-state index is 12.5. The minimum absolute atomic E-state index is 0.277. The summed E-state index contributed by atoms with van der Waals surface area (Å²) < 4.78 is 37.5. The SMILES string of the molecule is Cc1cccc(C(=O)N[C@@H](C)c2ccc(C(F)(F)F)cc2)n1. The molecule has 1 amide bonds. The van der Waals surface area contributed by atoms with Gasteiger partial charge in [-0.1, -0.05) is 18.2 Å². The van der Waals surface area contributed by atoms with Crippen molar-refractivity contribution in [2.24, 2.45) is 0 Å². The number of carbonyl (C=O) groups excluding carboxylic acids is 1. The van der Waals surface area contributed by atoms with Gasteiger partial charge >= 0.3 is 6.18 Å². The first-order valence-corrected chi connectivity index (χ1v) is 6.69. The van der Waals surface area contributed by atoms with Crippen molar-refractivity contribution in [3.8, 4) is 0 Å². The topological polar surface area (TPSA) is 42.0 Å². The first kappa shape index (κ1) is 16.0. The summed E-state index contributed by atoms with van der Waals surface area (Å²) >= 11 is 0. The van der Waals surface area contributed by atoms with Gasteiger partial charge < -0.3 is 5.32 Å². The van der Waals surface area contributed by atoms with Crippen LogP contribution < -0.4 is 5.32 Å². The Bertz CT molecular complexity index is 666. The van der Waals surface area contributed by atoms with E-state index < -0.39 is 17.8 Å². The summed E-state index contributed by atoms with van der Waals surface area (Å²) in [4.78, 5) is 16.2. The number of aryl methyl sites for hydroxylation is 1. The second-order valence-corrected chi connectivity index (χ2v) is 4.98. The minimum atomic E-state index is -4.36. The van der Waals surface area contributed by atoms with Gasteiger partial charge in [-0.25, -0.2) is 4.98 Å². The van der Waals surface area contributed by atoms with Gasteiger partial charge in [0.05, 0.1) is 11.6 Å². The standard InChI is InChI=1S/C16H15F3N2O/c1-10-4-3-5-14(20-10)15(22)21-11(2)12-6-8-13(9-7-12)16(17,18)19/h3-9,11H,1-2H3,(H,21,22)/t11-/m0/s1. The van der Waals surface area contributed by atoms with Crippen LogP contribution in [0.1, 0.15) is 40.3 Å². The van der Waals surface area contributed by atoms with Crippen LogP contribution in [0.4, 0.5) is 13.2 Å². The number of rotatable bonds is 3. The molecule has 0 aliphatic heterocycles. The predicted octanol–water partition coefficient (Wildman–Crippen LogP) is 3.90. The molecule has 22 heavy (non-hydrogen) atoms.